The molecule has 0 aliphatic heterocycles. The fourth-order valence-corrected chi connectivity index (χ4v) is 3.17. The van der Waals surface area contributed by atoms with Gasteiger partial charge >= 0.3 is 0 Å². The molecular formula is C20H18BrN3O4. The summed E-state index contributed by atoms with van der Waals surface area (Å²) in [4.78, 5) is 29.1. The van der Waals surface area contributed by atoms with E-state index in [4.69, 9.17) is 9.47 Å². The molecule has 1 heterocycles. The summed E-state index contributed by atoms with van der Waals surface area (Å²) >= 11 is 3.37. The molecule has 0 spiro atoms. The molecule has 1 aromatic heterocycles. The molecule has 0 aliphatic rings. The van der Waals surface area contributed by atoms with Gasteiger partial charge in [0.15, 0.2) is 5.82 Å². The van der Waals surface area contributed by atoms with Gasteiger partial charge in [-0.1, -0.05) is 0 Å². The van der Waals surface area contributed by atoms with Gasteiger partial charge < -0.3 is 19.4 Å². The van der Waals surface area contributed by atoms with E-state index in [1.54, 1.807) is 60.4 Å². The van der Waals surface area contributed by atoms with Crippen molar-refractivity contribution in [1.29, 1.82) is 0 Å². The van der Waals surface area contributed by atoms with Crippen molar-refractivity contribution < 1.29 is 19.1 Å². The number of carbonyl (C=O) groups is 2. The van der Waals surface area contributed by atoms with E-state index in [0.717, 1.165) is 0 Å². The molecule has 0 fully saturated rings. The van der Waals surface area contributed by atoms with E-state index in [9.17, 15) is 9.59 Å². The van der Waals surface area contributed by atoms with Crippen LogP contribution in [0.2, 0.25) is 0 Å². The topological polar surface area (TPSA) is 82.5 Å². The number of carbonyl (C=O) groups excluding carboxylic acids is 2. The molecule has 28 heavy (non-hydrogen) atoms. The second kappa shape index (κ2) is 8.26. The first kappa shape index (κ1) is 19.6. The number of aryl methyl sites for hydroxylation is 1. The Bertz CT molecular complexity index is 1000. The molecule has 1 N–H and O–H groups in total. The number of nitrogens with one attached hydrogen (secondary N) is 1. The number of ether oxygens (including phenoxy) is 2. The molecule has 0 radical (unpaired) electrons. The summed E-state index contributed by atoms with van der Waals surface area (Å²) < 4.78 is 12.8. The largest absolute Gasteiger partial charge is 0.495 e. The molecule has 0 atom stereocenters. The van der Waals surface area contributed by atoms with Crippen molar-refractivity contribution in [3.63, 3.8) is 0 Å². The van der Waals surface area contributed by atoms with Crippen molar-refractivity contribution in [2.45, 2.75) is 0 Å². The average molecular weight is 444 g/mol. The molecule has 8 heteroatoms. The first-order valence-electron chi connectivity index (χ1n) is 8.29. The number of imidazole rings is 1. The molecule has 2 aromatic carbocycles. The Kier molecular flexibility index (Phi) is 5.79. The zero-order valence-electron chi connectivity index (χ0n) is 15.5. The van der Waals surface area contributed by atoms with Crippen LogP contribution in [0.3, 0.4) is 0 Å². The monoisotopic (exact) mass is 443 g/mol. The van der Waals surface area contributed by atoms with Gasteiger partial charge in [0, 0.05) is 36.3 Å². The number of ketones is 1. The molecule has 144 valence electrons. The lowest BCUT2D eigenvalue weighted by atomic mass is 10.1. The molecule has 0 saturated carbocycles. The molecular weight excluding hydrogens is 426 g/mol. The first-order chi connectivity index (χ1) is 13.4. The highest BCUT2D eigenvalue weighted by atomic mass is 79.9. The zero-order chi connectivity index (χ0) is 20.3. The van der Waals surface area contributed by atoms with Crippen molar-refractivity contribution in [2.75, 3.05) is 19.5 Å². The van der Waals surface area contributed by atoms with Crippen molar-refractivity contribution in [3.05, 3.63) is 70.2 Å². The Morgan fingerprint density at radius 1 is 1.04 bits per heavy atom. The number of hydrogen-bond acceptors (Lipinski definition) is 5. The van der Waals surface area contributed by atoms with E-state index in [2.05, 4.69) is 26.2 Å². The van der Waals surface area contributed by atoms with Crippen molar-refractivity contribution in [2.24, 2.45) is 7.05 Å². The van der Waals surface area contributed by atoms with Crippen LogP contribution in [0.25, 0.3) is 0 Å². The van der Waals surface area contributed by atoms with Crippen LogP contribution < -0.4 is 14.8 Å². The molecule has 1 amide bonds. The van der Waals surface area contributed by atoms with Gasteiger partial charge in [-0.2, -0.15) is 0 Å². The standard InChI is InChI=1S/C20H18BrN3O4/c1-24-9-8-22-19(24)18(25)12-4-6-14(7-5-12)23-20(26)13-10-15(27-2)17(21)16(11-13)28-3/h4-11H,1-3H3,(H,23,26). The number of aromatic nitrogens is 2. The lowest BCUT2D eigenvalue weighted by Crippen LogP contribution is -2.13. The molecule has 0 saturated heterocycles. The Morgan fingerprint density at radius 2 is 1.64 bits per heavy atom. The summed E-state index contributed by atoms with van der Waals surface area (Å²) in [6.07, 6.45) is 3.28. The van der Waals surface area contributed by atoms with Gasteiger partial charge in [0.05, 0.1) is 14.2 Å². The third-order valence-electron chi connectivity index (χ3n) is 4.14. The highest BCUT2D eigenvalue weighted by Crippen LogP contribution is 2.35. The number of nitrogens with zero attached hydrogens (tertiary/aromatic N) is 2. The van der Waals surface area contributed by atoms with Crippen LogP contribution in [0, 0.1) is 0 Å². The van der Waals surface area contributed by atoms with E-state index in [1.165, 1.54) is 14.2 Å². The number of benzene rings is 2. The summed E-state index contributed by atoms with van der Waals surface area (Å²) in [7, 11) is 4.78. The van der Waals surface area contributed by atoms with Crippen LogP contribution in [-0.4, -0.2) is 35.5 Å². The van der Waals surface area contributed by atoms with Crippen LogP contribution in [-0.2, 0) is 7.05 Å². The van der Waals surface area contributed by atoms with Gasteiger partial charge in [-0.3, -0.25) is 9.59 Å². The molecule has 3 aromatic rings. The van der Waals surface area contributed by atoms with E-state index >= 15 is 0 Å². The maximum atomic E-state index is 12.6. The number of methoxy groups -OCH3 is 2. The maximum absolute atomic E-state index is 12.6. The van der Waals surface area contributed by atoms with Gasteiger partial charge in [0.2, 0.25) is 5.78 Å². The lowest BCUT2D eigenvalue weighted by molar-refractivity contribution is 0.101. The summed E-state index contributed by atoms with van der Waals surface area (Å²) in [6, 6.07) is 9.86. The number of amides is 1. The Balaban J connectivity index is 1.78. The smallest absolute Gasteiger partial charge is 0.255 e. The average Bonchev–Trinajstić information content (AvgIpc) is 3.14. The number of hydrogen-bond donors (Lipinski definition) is 1. The summed E-state index contributed by atoms with van der Waals surface area (Å²) in [5.74, 6) is 0.812. The van der Waals surface area contributed by atoms with Gasteiger partial charge in [0.1, 0.15) is 16.0 Å². The third-order valence-corrected chi connectivity index (χ3v) is 4.92. The predicted octanol–water partition coefficient (Wildman–Crippen LogP) is 3.68. The summed E-state index contributed by atoms with van der Waals surface area (Å²) in [5.41, 5.74) is 1.42. The van der Waals surface area contributed by atoms with Crippen LogP contribution >= 0.6 is 15.9 Å². The van der Waals surface area contributed by atoms with Gasteiger partial charge in [0.25, 0.3) is 5.91 Å². The van der Waals surface area contributed by atoms with E-state index in [-0.39, 0.29) is 11.7 Å². The molecule has 0 unspecified atom stereocenters. The van der Waals surface area contributed by atoms with Crippen molar-refractivity contribution in [1.82, 2.24) is 9.55 Å². The number of rotatable bonds is 6. The zero-order valence-corrected chi connectivity index (χ0v) is 17.1. The molecule has 0 bridgehead atoms. The van der Waals surface area contributed by atoms with Gasteiger partial charge in [-0.25, -0.2) is 4.98 Å². The molecule has 0 aliphatic carbocycles. The second-order valence-corrected chi connectivity index (χ2v) is 6.71. The van der Waals surface area contributed by atoms with Crippen LogP contribution in [0.5, 0.6) is 11.5 Å². The van der Waals surface area contributed by atoms with Crippen LogP contribution in [0.4, 0.5) is 5.69 Å². The lowest BCUT2D eigenvalue weighted by Gasteiger charge is -2.12. The SMILES string of the molecule is COc1cc(C(=O)Nc2ccc(C(=O)c3nccn3C)cc2)cc(OC)c1Br. The fourth-order valence-electron chi connectivity index (χ4n) is 2.62. The van der Waals surface area contributed by atoms with Gasteiger partial charge in [-0.15, -0.1) is 0 Å². The quantitative estimate of drug-likeness (QED) is 0.587. The normalized spacial score (nSPS) is 10.4. The Morgan fingerprint density at radius 3 is 2.14 bits per heavy atom. The second-order valence-electron chi connectivity index (χ2n) is 5.92. The minimum Gasteiger partial charge on any atom is -0.495 e. The molecule has 3 rings (SSSR count). The van der Waals surface area contributed by atoms with Crippen molar-refractivity contribution in [3.8, 4) is 11.5 Å². The Labute approximate surface area is 170 Å². The van der Waals surface area contributed by atoms with E-state index < -0.39 is 0 Å². The maximum Gasteiger partial charge on any atom is 0.255 e. The van der Waals surface area contributed by atoms with E-state index in [1.807, 2.05) is 0 Å². The highest BCUT2D eigenvalue weighted by molar-refractivity contribution is 9.10. The van der Waals surface area contributed by atoms with Crippen LogP contribution in [0.1, 0.15) is 26.5 Å². The minimum atomic E-state index is -0.327. The fraction of sp³-hybridized carbons (Fsp3) is 0.150. The first-order valence-corrected chi connectivity index (χ1v) is 9.09. The van der Waals surface area contributed by atoms with Gasteiger partial charge in [-0.05, 0) is 52.3 Å². The molecule has 7 nitrogen and oxygen atoms in total. The minimum absolute atomic E-state index is 0.187. The predicted molar refractivity (Wildman–Crippen MR) is 108 cm³/mol. The van der Waals surface area contributed by atoms with Crippen LogP contribution in [0.15, 0.2) is 53.3 Å². The Hall–Kier alpha value is -3.13. The number of halogens is 1. The summed E-state index contributed by atoms with van der Waals surface area (Å²) in [5, 5.41) is 2.80. The number of anilines is 1. The highest BCUT2D eigenvalue weighted by Gasteiger charge is 2.16. The summed E-state index contributed by atoms with van der Waals surface area (Å²) in [6.45, 7) is 0. The third kappa shape index (κ3) is 3.91. The van der Waals surface area contributed by atoms with E-state index in [0.29, 0.717) is 38.6 Å². The van der Waals surface area contributed by atoms with Crippen molar-refractivity contribution >= 4 is 33.3 Å².